The first kappa shape index (κ1) is 70.5. The maximum atomic E-state index is 14.1. The first-order valence-corrected chi connectivity index (χ1v) is 33.9. The summed E-state index contributed by atoms with van der Waals surface area (Å²) in [5.41, 5.74) is 9.54. The summed E-state index contributed by atoms with van der Waals surface area (Å²) in [6.45, 7) is 9.09. The Bertz CT molecular complexity index is 3150. The van der Waals surface area contributed by atoms with Gasteiger partial charge in [-0.15, -0.1) is 0 Å². The third kappa shape index (κ3) is 18.6. The molecule has 7 heterocycles. The number of halogens is 1. The van der Waals surface area contributed by atoms with Crippen molar-refractivity contribution in [1.82, 2.24) is 29.2 Å². The lowest BCUT2D eigenvalue weighted by atomic mass is 9.92. The summed E-state index contributed by atoms with van der Waals surface area (Å²) in [6, 6.07) is 17.2. The van der Waals surface area contributed by atoms with Crippen molar-refractivity contribution >= 4 is 49.9 Å². The number of nitrogen functional groups attached to an aromatic ring is 2. The van der Waals surface area contributed by atoms with Crippen molar-refractivity contribution in [2.75, 3.05) is 64.3 Å². The monoisotopic (exact) mass is 1290 g/mol. The smallest absolute Gasteiger partial charge is 0.402 e. The van der Waals surface area contributed by atoms with E-state index in [1.54, 1.807) is 56.3 Å². The summed E-state index contributed by atoms with van der Waals surface area (Å²) in [6.07, 6.45) is 15.7. The number of nitrogens with two attached hydrogens (primary N) is 2. The lowest BCUT2D eigenvalue weighted by Gasteiger charge is -2.29. The molecule has 0 spiro atoms. The van der Waals surface area contributed by atoms with E-state index in [2.05, 4.69) is 40.1 Å². The van der Waals surface area contributed by atoms with Gasteiger partial charge < -0.3 is 59.5 Å². The molecule has 29 heteroatoms. The molecule has 10 atom stereocenters. The molecule has 88 heavy (non-hydrogen) atoms. The molecule has 3 aliphatic rings. The lowest BCUT2D eigenvalue weighted by molar-refractivity contribution is -0.204. The first-order chi connectivity index (χ1) is 42.4. The van der Waals surface area contributed by atoms with Crippen LogP contribution in [0, 0.1) is 22.7 Å². The Balaban J connectivity index is 0.000000258. The first-order valence-electron chi connectivity index (χ1n) is 30.5. The Kier molecular flexibility index (Phi) is 27.2. The number of ether oxygens (including phenoxy) is 6. The van der Waals surface area contributed by atoms with Gasteiger partial charge in [0.1, 0.15) is 78.2 Å². The predicted molar refractivity (Wildman–Crippen MR) is 324 cm³/mol. The summed E-state index contributed by atoms with van der Waals surface area (Å²) >= 11 is 6.32. The molecule has 0 amide bonds. The molecule has 0 radical (unpaired) electrons. The second kappa shape index (κ2) is 33.9. The zero-order valence-electron chi connectivity index (χ0n) is 50.8. The molecule has 7 N–H and O–H groups in total. The van der Waals surface area contributed by atoms with Crippen LogP contribution in [0.15, 0.2) is 61.2 Å². The molecule has 3 saturated heterocycles. The highest BCUT2D eigenvalue weighted by Gasteiger charge is 2.66. The molecular weight excluding hydrogens is 1200 g/mol. The minimum atomic E-state index is -4.48. The number of rotatable bonds is 38. The second-order valence-electron chi connectivity index (χ2n) is 22.4. The van der Waals surface area contributed by atoms with E-state index in [9.17, 15) is 34.8 Å². The minimum Gasteiger partial charge on any atom is -0.402 e. The van der Waals surface area contributed by atoms with E-state index in [1.807, 2.05) is 6.07 Å². The van der Waals surface area contributed by atoms with Gasteiger partial charge in [0, 0.05) is 26.4 Å². The maximum Gasteiger partial charge on any atom is 0.530 e. The number of benzene rings is 1. The topological polar surface area (TPSA) is 356 Å². The molecule has 26 nitrogen and oxygen atoms in total. The zero-order chi connectivity index (χ0) is 63.2. The van der Waals surface area contributed by atoms with Gasteiger partial charge in [-0.25, -0.2) is 28.1 Å². The lowest BCUT2D eigenvalue weighted by Crippen LogP contribution is -2.41. The van der Waals surface area contributed by atoms with Crippen LogP contribution in [-0.2, 0) is 66.8 Å². The van der Waals surface area contributed by atoms with Gasteiger partial charge in [0.2, 0.25) is 11.2 Å². The number of phosphoric acid groups is 2. The number of fused-ring (bicyclic) bond motifs is 3. The number of anilines is 2. The third-order valence-electron chi connectivity index (χ3n) is 15.2. The highest BCUT2D eigenvalue weighted by molar-refractivity contribution is 7.49. The highest BCUT2D eigenvalue weighted by Crippen LogP contribution is 2.54. The second-order valence-corrected chi connectivity index (χ2v) is 25.8. The summed E-state index contributed by atoms with van der Waals surface area (Å²) in [5, 5.41) is 50.4. The molecule has 5 aromatic rings. The number of nitriles is 2. The molecule has 1 aromatic carbocycles. The quantitative estimate of drug-likeness (QED) is 0.0181. The van der Waals surface area contributed by atoms with Crippen molar-refractivity contribution in [3.8, 4) is 17.9 Å². The summed E-state index contributed by atoms with van der Waals surface area (Å²) in [5.74, 6) is -0.535. The maximum absolute atomic E-state index is 14.1. The van der Waals surface area contributed by atoms with Crippen LogP contribution in [0.3, 0.4) is 0 Å². The Morgan fingerprint density at radius 3 is 1.65 bits per heavy atom. The molecule has 0 saturated carbocycles. The van der Waals surface area contributed by atoms with Crippen molar-refractivity contribution in [2.24, 2.45) is 0 Å². The number of aliphatic hydroxyl groups excluding tert-OH is 2. The highest BCUT2D eigenvalue weighted by atomic mass is 35.5. The van der Waals surface area contributed by atoms with Crippen molar-refractivity contribution in [2.45, 2.75) is 197 Å². The van der Waals surface area contributed by atoms with Gasteiger partial charge in [-0.3, -0.25) is 18.1 Å². The van der Waals surface area contributed by atoms with Gasteiger partial charge in [-0.1, -0.05) is 127 Å². The van der Waals surface area contributed by atoms with Crippen LogP contribution < -0.4 is 16.0 Å². The molecule has 0 aliphatic carbocycles. The van der Waals surface area contributed by atoms with E-state index in [1.165, 1.54) is 105 Å². The number of hydrogen-bond donors (Lipinski definition) is 5. The SMILES string of the molecule is CCCCCCCCCCOCCCOP(=O)(O)OC[C@H]1O[C@@](C#N)(c2ccc3c(N)ncnn23)[C@H](O)[C@@H]1O.CCCCCCCCCCOCCCOP(=O)(OC[C@H]1O[C@@](C#N)(c2ccc3c(N)ncnn23)[C@@H]2OC(C)(C)O[C@@H]21)Oc1ccccc1Cl. The predicted octanol–water partition coefficient (Wildman–Crippen LogP) is 10.2. The molecule has 8 rings (SSSR count). The third-order valence-corrected chi connectivity index (χ3v) is 17.9. The fourth-order valence-corrected chi connectivity index (χ4v) is 12.9. The van der Waals surface area contributed by atoms with Crippen molar-refractivity contribution < 1.29 is 75.3 Å². The molecule has 4 aromatic heterocycles. The number of aliphatic hydroxyl groups is 2. The van der Waals surface area contributed by atoms with E-state index >= 15 is 0 Å². The average molecular weight is 1290 g/mol. The minimum absolute atomic E-state index is 0.0444. The fourth-order valence-electron chi connectivity index (χ4n) is 10.7. The largest absolute Gasteiger partial charge is 0.530 e. The van der Waals surface area contributed by atoms with E-state index < -0.39 is 75.9 Å². The van der Waals surface area contributed by atoms with Crippen LogP contribution in [-0.4, -0.2) is 140 Å². The molecule has 2 unspecified atom stereocenters. The average Bonchev–Trinajstić information content (AvgIpc) is 1.61. The summed E-state index contributed by atoms with van der Waals surface area (Å²) in [7, 11) is -8.75. The van der Waals surface area contributed by atoms with Crippen LogP contribution in [0.4, 0.5) is 11.6 Å². The fraction of sp³-hybridized carbons (Fsp3) is 0.661. The number of para-hydroxylation sites is 1. The van der Waals surface area contributed by atoms with Gasteiger partial charge in [0.25, 0.3) is 0 Å². The van der Waals surface area contributed by atoms with E-state index in [-0.39, 0.29) is 47.9 Å². The van der Waals surface area contributed by atoms with Gasteiger partial charge in [-0.05, 0) is 75.9 Å². The number of phosphoric ester groups is 2. The van der Waals surface area contributed by atoms with Crippen molar-refractivity contribution in [3.05, 3.63) is 77.6 Å². The van der Waals surface area contributed by atoms with E-state index in [0.717, 1.165) is 25.7 Å². The van der Waals surface area contributed by atoms with E-state index in [4.69, 9.17) is 74.1 Å². The van der Waals surface area contributed by atoms with Crippen molar-refractivity contribution in [3.63, 3.8) is 0 Å². The number of hydrogen-bond acceptors (Lipinski definition) is 23. The van der Waals surface area contributed by atoms with E-state index in [0.29, 0.717) is 56.0 Å². The number of aromatic nitrogens is 6. The summed E-state index contributed by atoms with van der Waals surface area (Å²) < 4.78 is 92.5. The molecule has 486 valence electrons. The Hall–Kier alpha value is -4.93. The van der Waals surface area contributed by atoms with Gasteiger partial charge in [0.15, 0.2) is 17.4 Å². The van der Waals surface area contributed by atoms with Crippen LogP contribution in [0.2, 0.25) is 5.02 Å². The standard InChI is InChI=1S/C34H47ClN5O8P.C25H40N5O8P/c1-4-5-6-7-8-9-10-13-19-42-20-14-21-43-49(41,48-27-16-12-11-15-25(27)35)44-22-28-30-31(47-33(2,3)46-30)34(23-36,45-28)29-18-17-26-32(37)38-24-39-40(26)29;1-2-3-4-5-6-7-8-9-13-35-14-10-15-36-39(33,34)37-16-20-22(31)23(32)25(17-26,38-20)21-12-11-19-24(27)28-18-29-30(19)21/h11-12,15-18,24,28,30-31H,4-10,13-14,19-22H2,1-3H3,(H2,37,38,39);11-12,18,20,22-23,31-32H,2-10,13-16H2,1H3,(H,33,34)(H2,27,28,29)/t28-,30-,31-,34+,49?;20-,22-,23-,25+/m11/s1. The van der Waals surface area contributed by atoms with Gasteiger partial charge in [-0.2, -0.15) is 20.7 Å². The number of nitrogens with zero attached hydrogens (tertiary/aromatic N) is 8. The van der Waals surface area contributed by atoms with Crippen LogP contribution in [0.25, 0.3) is 11.0 Å². The molecule has 3 fully saturated rings. The number of unbranched alkanes of at least 4 members (excludes halogenated alkanes) is 14. The normalized spacial score (nSPS) is 24.3. The Labute approximate surface area is 519 Å². The van der Waals surface area contributed by atoms with Gasteiger partial charge >= 0.3 is 15.6 Å². The molecule has 3 aliphatic heterocycles. The Morgan fingerprint density at radius 1 is 0.614 bits per heavy atom. The van der Waals surface area contributed by atoms with Crippen LogP contribution >= 0.6 is 27.2 Å². The zero-order valence-corrected chi connectivity index (χ0v) is 53.3. The Morgan fingerprint density at radius 2 is 1.10 bits per heavy atom. The van der Waals surface area contributed by atoms with Crippen LogP contribution in [0.5, 0.6) is 5.75 Å². The van der Waals surface area contributed by atoms with Gasteiger partial charge in [0.05, 0.1) is 42.8 Å². The van der Waals surface area contributed by atoms with Crippen LogP contribution in [0.1, 0.15) is 155 Å². The van der Waals surface area contributed by atoms with Crippen molar-refractivity contribution in [1.29, 1.82) is 10.5 Å². The molecule has 0 bridgehead atoms. The summed E-state index contributed by atoms with van der Waals surface area (Å²) in [4.78, 5) is 17.9. The molecular formula is C59H87ClN10O16P2.